The summed E-state index contributed by atoms with van der Waals surface area (Å²) >= 11 is 0. The lowest BCUT2D eigenvalue weighted by Gasteiger charge is -2.13. The van der Waals surface area contributed by atoms with E-state index in [1.54, 1.807) is 0 Å². The number of aliphatic imine (C=N–C) groups is 1. The van der Waals surface area contributed by atoms with Crippen LogP contribution >= 0.6 is 0 Å². The molecule has 0 bridgehead atoms. The van der Waals surface area contributed by atoms with Crippen LogP contribution in [-0.2, 0) is 4.79 Å². The van der Waals surface area contributed by atoms with Gasteiger partial charge in [0.15, 0.2) is 5.96 Å². The smallest absolute Gasteiger partial charge is 0.213 e. The molecular formula is C23H26N4O2. The van der Waals surface area contributed by atoms with Crippen LogP contribution < -0.4 is 15.8 Å². The van der Waals surface area contributed by atoms with Gasteiger partial charge in [-0.25, -0.2) is 9.98 Å². The van der Waals surface area contributed by atoms with Gasteiger partial charge in [0.05, 0.1) is 28.9 Å². The Bertz CT molecular complexity index is 1030. The van der Waals surface area contributed by atoms with Gasteiger partial charge < -0.3 is 10.5 Å². The number of benzene rings is 2. The molecule has 3 aromatic rings. The number of pyridine rings is 1. The maximum Gasteiger partial charge on any atom is 0.213 e. The van der Waals surface area contributed by atoms with Crippen molar-refractivity contribution in [2.45, 2.75) is 33.1 Å². The topological polar surface area (TPSA) is 89.6 Å². The minimum absolute atomic E-state index is 0.0176. The van der Waals surface area contributed by atoms with Crippen molar-refractivity contribution < 1.29 is 9.53 Å². The average molecular weight is 390 g/mol. The lowest BCUT2D eigenvalue weighted by molar-refractivity contribution is -0.108. The van der Waals surface area contributed by atoms with E-state index in [1.165, 1.54) is 0 Å². The Balaban J connectivity index is 2.15. The summed E-state index contributed by atoms with van der Waals surface area (Å²) in [6.45, 7) is 4.82. The molecule has 0 saturated carbocycles. The average Bonchev–Trinajstić information content (AvgIpc) is 2.71. The van der Waals surface area contributed by atoms with Crippen LogP contribution in [0, 0.1) is 6.92 Å². The fourth-order valence-corrected chi connectivity index (χ4v) is 3.20. The van der Waals surface area contributed by atoms with Crippen LogP contribution in [0.3, 0.4) is 0 Å². The molecule has 150 valence electrons. The third-order valence-corrected chi connectivity index (χ3v) is 4.65. The number of nitrogens with zero attached hydrogens (tertiary/aromatic N) is 2. The summed E-state index contributed by atoms with van der Waals surface area (Å²) in [5.74, 6) is 0.726. The number of hydrogen-bond donors (Lipinski definition) is 2. The van der Waals surface area contributed by atoms with Gasteiger partial charge in [0.2, 0.25) is 6.41 Å². The predicted molar refractivity (Wildman–Crippen MR) is 117 cm³/mol. The maximum absolute atomic E-state index is 10.8. The molecule has 0 atom stereocenters. The molecular weight excluding hydrogens is 364 g/mol. The van der Waals surface area contributed by atoms with E-state index in [-0.39, 0.29) is 5.96 Å². The van der Waals surface area contributed by atoms with Gasteiger partial charge in [-0.1, -0.05) is 50.1 Å². The molecule has 29 heavy (non-hydrogen) atoms. The fourth-order valence-electron chi connectivity index (χ4n) is 3.20. The molecule has 0 fully saturated rings. The quantitative estimate of drug-likeness (QED) is 0.257. The first-order chi connectivity index (χ1) is 14.1. The van der Waals surface area contributed by atoms with Crippen LogP contribution in [0.1, 0.15) is 31.7 Å². The highest BCUT2D eigenvalue weighted by atomic mass is 16.5. The second-order valence-electron chi connectivity index (χ2n) is 6.81. The van der Waals surface area contributed by atoms with Crippen molar-refractivity contribution in [1.82, 2.24) is 10.3 Å². The first-order valence-electron chi connectivity index (χ1n) is 9.81. The number of aromatic nitrogens is 1. The standard InChI is InChI=1S/C23H26N4O2/c1-3-4-7-13-29-21-12-8-11-18-22(21)20(27-23(24)25-15-28)14-19(26-18)17-10-6-5-9-16(17)2/h5-6,8-12,14-15H,3-4,7,13H2,1-2H3,(H3,24,25,26,27,28). The maximum atomic E-state index is 10.8. The second kappa shape index (κ2) is 9.68. The Morgan fingerprint density at radius 2 is 2.03 bits per heavy atom. The number of guanidine groups is 1. The summed E-state index contributed by atoms with van der Waals surface area (Å²) in [6, 6.07) is 15.7. The van der Waals surface area contributed by atoms with Crippen LogP contribution in [0.2, 0.25) is 0 Å². The highest BCUT2D eigenvalue weighted by Gasteiger charge is 2.13. The van der Waals surface area contributed by atoms with Gasteiger partial charge >= 0.3 is 0 Å². The van der Waals surface area contributed by atoms with E-state index in [9.17, 15) is 4.79 Å². The number of carbonyl (C=O) groups excluding carboxylic acids is 1. The van der Waals surface area contributed by atoms with E-state index >= 15 is 0 Å². The number of fused-ring (bicyclic) bond motifs is 1. The monoisotopic (exact) mass is 390 g/mol. The predicted octanol–water partition coefficient (Wildman–Crippen LogP) is 4.47. The number of hydrogen-bond acceptors (Lipinski definition) is 4. The zero-order chi connectivity index (χ0) is 20.6. The summed E-state index contributed by atoms with van der Waals surface area (Å²) in [6.07, 6.45) is 3.73. The Morgan fingerprint density at radius 1 is 1.21 bits per heavy atom. The Morgan fingerprint density at radius 3 is 2.79 bits per heavy atom. The largest absolute Gasteiger partial charge is 0.493 e. The van der Waals surface area contributed by atoms with Crippen molar-refractivity contribution in [2.75, 3.05) is 6.61 Å². The summed E-state index contributed by atoms with van der Waals surface area (Å²) in [7, 11) is 0. The molecule has 6 heteroatoms. The molecule has 2 aromatic carbocycles. The number of nitrogens with two attached hydrogens (primary N) is 1. The molecule has 0 radical (unpaired) electrons. The number of ether oxygens (including phenoxy) is 1. The van der Waals surface area contributed by atoms with Crippen LogP contribution in [0.25, 0.3) is 22.2 Å². The number of nitrogens with one attached hydrogen (secondary N) is 1. The minimum atomic E-state index is 0.0176. The number of unbranched alkanes of at least 4 members (excludes halogenated alkanes) is 2. The number of rotatable bonds is 8. The van der Waals surface area contributed by atoms with Gasteiger partial charge in [0.25, 0.3) is 0 Å². The number of carbonyl (C=O) groups is 1. The number of aryl methyl sites for hydroxylation is 1. The lowest BCUT2D eigenvalue weighted by Crippen LogP contribution is -2.29. The molecule has 6 nitrogen and oxygen atoms in total. The van der Waals surface area contributed by atoms with Gasteiger partial charge in [-0.15, -0.1) is 0 Å². The van der Waals surface area contributed by atoms with Gasteiger partial charge in [0.1, 0.15) is 5.75 Å². The van der Waals surface area contributed by atoms with Gasteiger partial charge in [-0.2, -0.15) is 0 Å². The van der Waals surface area contributed by atoms with Gasteiger partial charge in [-0.05, 0) is 37.1 Å². The summed E-state index contributed by atoms with van der Waals surface area (Å²) < 4.78 is 6.03. The van der Waals surface area contributed by atoms with E-state index in [2.05, 4.69) is 17.2 Å². The Labute approximate surface area is 170 Å². The number of amides is 1. The molecule has 1 amide bonds. The highest BCUT2D eigenvalue weighted by Crippen LogP contribution is 2.37. The molecule has 0 aliphatic carbocycles. The van der Waals surface area contributed by atoms with E-state index in [4.69, 9.17) is 15.5 Å². The fraction of sp³-hybridized carbons (Fsp3) is 0.261. The molecule has 0 saturated heterocycles. The first kappa shape index (κ1) is 20.3. The van der Waals surface area contributed by atoms with Crippen molar-refractivity contribution in [3.8, 4) is 17.0 Å². The van der Waals surface area contributed by atoms with Crippen molar-refractivity contribution in [1.29, 1.82) is 0 Å². The third-order valence-electron chi connectivity index (χ3n) is 4.65. The molecule has 0 aliphatic rings. The highest BCUT2D eigenvalue weighted by molar-refractivity contribution is 6.00. The van der Waals surface area contributed by atoms with Crippen molar-refractivity contribution >= 4 is 29.0 Å². The van der Waals surface area contributed by atoms with Crippen molar-refractivity contribution in [3.05, 3.63) is 54.1 Å². The minimum Gasteiger partial charge on any atom is -0.493 e. The lowest BCUT2D eigenvalue weighted by atomic mass is 10.0. The van der Waals surface area contributed by atoms with Crippen LogP contribution in [-0.4, -0.2) is 24.0 Å². The normalized spacial score (nSPS) is 11.4. The molecule has 3 N–H and O–H groups in total. The van der Waals surface area contributed by atoms with Gasteiger partial charge in [-0.3, -0.25) is 10.1 Å². The van der Waals surface area contributed by atoms with E-state index < -0.39 is 0 Å². The van der Waals surface area contributed by atoms with Crippen molar-refractivity contribution in [2.24, 2.45) is 10.7 Å². The summed E-state index contributed by atoms with van der Waals surface area (Å²) in [5, 5.41) is 3.17. The SMILES string of the molecule is CCCCCOc1cccc2nc(-c3ccccc3C)cc(N=C(N)NC=O)c12. The first-order valence-corrected chi connectivity index (χ1v) is 9.81. The zero-order valence-electron chi connectivity index (χ0n) is 16.8. The Hall–Kier alpha value is -3.41. The van der Waals surface area contributed by atoms with E-state index in [0.717, 1.165) is 47.0 Å². The van der Waals surface area contributed by atoms with Crippen LogP contribution in [0.5, 0.6) is 5.75 Å². The van der Waals surface area contributed by atoms with Crippen molar-refractivity contribution in [3.63, 3.8) is 0 Å². The molecule has 0 spiro atoms. The molecule has 1 aromatic heterocycles. The molecule has 3 rings (SSSR count). The second-order valence-corrected chi connectivity index (χ2v) is 6.81. The zero-order valence-corrected chi connectivity index (χ0v) is 16.8. The Kier molecular flexibility index (Phi) is 6.79. The van der Waals surface area contributed by atoms with E-state index in [1.807, 2.05) is 55.5 Å². The van der Waals surface area contributed by atoms with Gasteiger partial charge in [0, 0.05) is 5.56 Å². The summed E-state index contributed by atoms with van der Waals surface area (Å²) in [5.41, 5.74) is 10.1. The molecule has 0 unspecified atom stereocenters. The molecule has 0 aliphatic heterocycles. The molecule has 1 heterocycles. The van der Waals surface area contributed by atoms with Crippen LogP contribution in [0.15, 0.2) is 53.5 Å². The third kappa shape index (κ3) is 4.90. The van der Waals surface area contributed by atoms with Crippen LogP contribution in [0.4, 0.5) is 5.69 Å². The summed E-state index contributed by atoms with van der Waals surface area (Å²) in [4.78, 5) is 20.0. The van der Waals surface area contributed by atoms with E-state index in [0.29, 0.717) is 24.5 Å².